The van der Waals surface area contributed by atoms with Gasteiger partial charge in [0.05, 0.1) is 12.2 Å². The van der Waals surface area contributed by atoms with Gasteiger partial charge in [0.25, 0.3) is 0 Å². The highest BCUT2D eigenvalue weighted by Gasteiger charge is 2.08. The van der Waals surface area contributed by atoms with Gasteiger partial charge in [0.15, 0.2) is 0 Å². The van der Waals surface area contributed by atoms with Crippen molar-refractivity contribution in [1.82, 2.24) is 0 Å². The Morgan fingerprint density at radius 3 is 2.44 bits per heavy atom. The summed E-state index contributed by atoms with van der Waals surface area (Å²) in [5, 5.41) is 0. The summed E-state index contributed by atoms with van der Waals surface area (Å²) in [4.78, 5) is 20.7. The molecule has 3 heteroatoms. The lowest BCUT2D eigenvalue weighted by molar-refractivity contribution is -0.239. The molecule has 1 rings (SSSR count). The summed E-state index contributed by atoms with van der Waals surface area (Å²) in [5.74, 6) is -0.0174. The van der Waals surface area contributed by atoms with E-state index in [1.807, 2.05) is 12.1 Å². The second kappa shape index (κ2) is 6.28. The van der Waals surface area contributed by atoms with Gasteiger partial charge in [-0.2, -0.15) is 4.89 Å². The summed E-state index contributed by atoms with van der Waals surface area (Å²) < 4.78 is 0. The standard InChI is InChI=1S/C13H17O3/c1-4-9-15-16-13(14)12-7-5-11(6-8-12)10(2)3/h5-8,10H,1,4,9H2,2-3H3. The molecular weight excluding hydrogens is 204 g/mol. The molecule has 16 heavy (non-hydrogen) atoms. The molecule has 1 aromatic carbocycles. The molecule has 0 spiro atoms. The highest BCUT2D eigenvalue weighted by atomic mass is 17.2. The van der Waals surface area contributed by atoms with E-state index in [2.05, 4.69) is 30.5 Å². The molecular formula is C13H17O3. The first kappa shape index (κ1) is 12.7. The van der Waals surface area contributed by atoms with Gasteiger partial charge in [-0.3, -0.25) is 4.89 Å². The molecule has 0 saturated heterocycles. The van der Waals surface area contributed by atoms with Crippen LogP contribution < -0.4 is 0 Å². The molecule has 0 aliphatic heterocycles. The summed E-state index contributed by atoms with van der Waals surface area (Å²) in [5.41, 5.74) is 1.68. The minimum absolute atomic E-state index is 0.315. The van der Waals surface area contributed by atoms with E-state index in [-0.39, 0.29) is 0 Å². The second-order valence-corrected chi connectivity index (χ2v) is 3.82. The van der Waals surface area contributed by atoms with Crippen LogP contribution in [0.15, 0.2) is 24.3 Å². The molecule has 1 aromatic rings. The van der Waals surface area contributed by atoms with Crippen LogP contribution in [0.25, 0.3) is 0 Å². The first-order valence-electron chi connectivity index (χ1n) is 5.38. The van der Waals surface area contributed by atoms with Crippen LogP contribution >= 0.6 is 0 Å². The van der Waals surface area contributed by atoms with E-state index in [1.54, 1.807) is 12.1 Å². The average molecular weight is 221 g/mol. The SMILES string of the molecule is [CH2]CCOOC(=O)c1ccc(C(C)C)cc1. The van der Waals surface area contributed by atoms with Crippen molar-refractivity contribution >= 4 is 5.97 Å². The minimum Gasteiger partial charge on any atom is -0.293 e. The van der Waals surface area contributed by atoms with Crippen LogP contribution in [0.5, 0.6) is 0 Å². The lowest BCUT2D eigenvalue weighted by atomic mass is 10.0. The molecule has 87 valence electrons. The van der Waals surface area contributed by atoms with Crippen LogP contribution in [0.3, 0.4) is 0 Å². The van der Waals surface area contributed by atoms with Gasteiger partial charge in [-0.25, -0.2) is 4.79 Å². The van der Waals surface area contributed by atoms with Gasteiger partial charge >= 0.3 is 5.97 Å². The molecule has 0 N–H and O–H groups in total. The Kier molecular flexibility index (Phi) is 4.99. The summed E-state index contributed by atoms with van der Waals surface area (Å²) in [7, 11) is 0. The first-order valence-corrected chi connectivity index (χ1v) is 5.38. The Morgan fingerprint density at radius 1 is 1.31 bits per heavy atom. The van der Waals surface area contributed by atoms with Crippen molar-refractivity contribution in [2.45, 2.75) is 26.2 Å². The van der Waals surface area contributed by atoms with Crippen LogP contribution in [-0.4, -0.2) is 12.6 Å². The Labute approximate surface area is 96.3 Å². The zero-order chi connectivity index (χ0) is 12.0. The van der Waals surface area contributed by atoms with Gasteiger partial charge in [0, 0.05) is 0 Å². The summed E-state index contributed by atoms with van der Waals surface area (Å²) in [6.07, 6.45) is 0.569. The van der Waals surface area contributed by atoms with E-state index >= 15 is 0 Å². The monoisotopic (exact) mass is 221 g/mol. The average Bonchev–Trinajstić information content (AvgIpc) is 2.29. The van der Waals surface area contributed by atoms with E-state index in [4.69, 9.17) is 0 Å². The van der Waals surface area contributed by atoms with Crippen molar-refractivity contribution in [3.63, 3.8) is 0 Å². The fourth-order valence-electron chi connectivity index (χ4n) is 1.21. The van der Waals surface area contributed by atoms with Gasteiger partial charge in [-0.05, 0) is 30.0 Å². The van der Waals surface area contributed by atoms with Crippen LogP contribution in [0, 0.1) is 6.92 Å². The van der Waals surface area contributed by atoms with Crippen molar-refractivity contribution in [1.29, 1.82) is 0 Å². The molecule has 0 aromatic heterocycles. The molecule has 0 aliphatic carbocycles. The lowest BCUT2D eigenvalue weighted by Crippen LogP contribution is -2.06. The van der Waals surface area contributed by atoms with Crippen LogP contribution in [0.4, 0.5) is 0 Å². The highest BCUT2D eigenvalue weighted by molar-refractivity contribution is 5.88. The van der Waals surface area contributed by atoms with Crippen LogP contribution in [-0.2, 0) is 9.78 Å². The molecule has 0 fully saturated rings. The van der Waals surface area contributed by atoms with Crippen molar-refractivity contribution < 1.29 is 14.6 Å². The van der Waals surface area contributed by atoms with Crippen LogP contribution in [0.1, 0.15) is 42.1 Å². The van der Waals surface area contributed by atoms with Crippen molar-refractivity contribution in [3.05, 3.63) is 42.3 Å². The van der Waals surface area contributed by atoms with E-state index in [9.17, 15) is 4.79 Å². The van der Waals surface area contributed by atoms with Gasteiger partial charge < -0.3 is 0 Å². The van der Waals surface area contributed by atoms with E-state index in [0.29, 0.717) is 24.5 Å². The molecule has 0 amide bonds. The van der Waals surface area contributed by atoms with Gasteiger partial charge in [0.2, 0.25) is 0 Å². The second-order valence-electron chi connectivity index (χ2n) is 3.82. The molecule has 0 unspecified atom stereocenters. The zero-order valence-electron chi connectivity index (χ0n) is 9.73. The molecule has 0 aliphatic rings. The molecule has 0 heterocycles. The molecule has 3 nitrogen and oxygen atoms in total. The number of benzene rings is 1. The maximum atomic E-state index is 11.4. The molecule has 0 saturated carbocycles. The number of rotatable bonds is 5. The first-order chi connectivity index (χ1) is 7.65. The topological polar surface area (TPSA) is 35.5 Å². The number of carbonyl (C=O) groups excluding carboxylic acids is 1. The fraction of sp³-hybridized carbons (Fsp3) is 0.385. The highest BCUT2D eigenvalue weighted by Crippen LogP contribution is 2.15. The quantitative estimate of drug-likeness (QED) is 0.435. The fourth-order valence-corrected chi connectivity index (χ4v) is 1.21. The Bertz CT molecular complexity index is 328. The van der Waals surface area contributed by atoms with Crippen molar-refractivity contribution in [2.75, 3.05) is 6.61 Å². The molecule has 1 radical (unpaired) electrons. The zero-order valence-corrected chi connectivity index (χ0v) is 9.73. The predicted octanol–water partition coefficient (Wildman–Crippen LogP) is 3.12. The largest absolute Gasteiger partial charge is 0.373 e. The predicted molar refractivity (Wildman–Crippen MR) is 61.9 cm³/mol. The Balaban J connectivity index is 2.56. The van der Waals surface area contributed by atoms with Gasteiger partial charge in [0.1, 0.15) is 0 Å². The lowest BCUT2D eigenvalue weighted by Gasteiger charge is -2.06. The van der Waals surface area contributed by atoms with E-state index in [0.717, 1.165) is 0 Å². The normalized spacial score (nSPS) is 10.5. The third kappa shape index (κ3) is 3.66. The van der Waals surface area contributed by atoms with Gasteiger partial charge in [-0.1, -0.05) is 32.9 Å². The summed E-state index contributed by atoms with van der Waals surface area (Å²) >= 11 is 0. The van der Waals surface area contributed by atoms with Crippen molar-refractivity contribution in [2.24, 2.45) is 0 Å². The maximum absolute atomic E-state index is 11.4. The van der Waals surface area contributed by atoms with E-state index < -0.39 is 5.97 Å². The number of hydrogen-bond donors (Lipinski definition) is 0. The number of hydrogen-bond acceptors (Lipinski definition) is 3. The smallest absolute Gasteiger partial charge is 0.293 e. The maximum Gasteiger partial charge on any atom is 0.373 e. The number of carbonyl (C=O) groups is 1. The van der Waals surface area contributed by atoms with Crippen molar-refractivity contribution in [3.8, 4) is 0 Å². The summed E-state index contributed by atoms with van der Waals surface area (Å²) in [6.45, 7) is 8.09. The third-order valence-electron chi connectivity index (χ3n) is 2.18. The minimum atomic E-state index is -0.469. The molecule has 0 bridgehead atoms. The van der Waals surface area contributed by atoms with Gasteiger partial charge in [-0.15, -0.1) is 0 Å². The van der Waals surface area contributed by atoms with E-state index in [1.165, 1.54) is 5.56 Å². The Hall–Kier alpha value is -1.35. The molecule has 0 atom stereocenters. The Morgan fingerprint density at radius 2 is 1.94 bits per heavy atom. The van der Waals surface area contributed by atoms with Crippen LogP contribution in [0.2, 0.25) is 0 Å². The third-order valence-corrected chi connectivity index (χ3v) is 2.18. The summed E-state index contributed by atoms with van der Waals surface area (Å²) in [6, 6.07) is 7.32.